The van der Waals surface area contributed by atoms with E-state index in [1.165, 1.54) is 0 Å². The molecule has 2 rings (SSSR count). The van der Waals surface area contributed by atoms with Crippen molar-refractivity contribution in [3.05, 3.63) is 53.5 Å². The van der Waals surface area contributed by atoms with Crippen LogP contribution in [-0.2, 0) is 6.54 Å². The Kier molecular flexibility index (Phi) is 3.69. The molecule has 1 aromatic heterocycles. The van der Waals surface area contributed by atoms with Crippen LogP contribution in [0.25, 0.3) is 0 Å². The zero-order valence-electron chi connectivity index (χ0n) is 10.7. The lowest BCUT2D eigenvalue weighted by Crippen LogP contribution is -2.22. The van der Waals surface area contributed by atoms with Crippen molar-refractivity contribution in [3.8, 4) is 6.07 Å². The lowest BCUT2D eigenvalue weighted by Gasteiger charge is -2.23. The number of aryl methyl sites for hydroxylation is 1. The van der Waals surface area contributed by atoms with Crippen LogP contribution >= 0.6 is 0 Å². The zero-order chi connectivity index (χ0) is 13.0. The highest BCUT2D eigenvalue weighted by Gasteiger charge is 2.11. The van der Waals surface area contributed by atoms with Gasteiger partial charge in [-0.05, 0) is 43.7 Å². The summed E-state index contributed by atoms with van der Waals surface area (Å²) in [6.45, 7) is 5.62. The second kappa shape index (κ2) is 5.42. The molecule has 0 amide bonds. The quantitative estimate of drug-likeness (QED) is 0.821. The molecular weight excluding hydrogens is 224 g/mol. The van der Waals surface area contributed by atoms with Gasteiger partial charge in [-0.15, -0.1) is 0 Å². The first-order valence-electron chi connectivity index (χ1n) is 6.02. The largest absolute Gasteiger partial charge is 0.467 e. The van der Waals surface area contributed by atoms with Gasteiger partial charge in [0, 0.05) is 6.54 Å². The first-order chi connectivity index (χ1) is 8.74. The molecule has 18 heavy (non-hydrogen) atoms. The fourth-order valence-electron chi connectivity index (χ4n) is 1.96. The van der Waals surface area contributed by atoms with E-state index < -0.39 is 0 Å². The molecule has 0 aliphatic carbocycles. The fourth-order valence-corrected chi connectivity index (χ4v) is 1.96. The van der Waals surface area contributed by atoms with Crippen LogP contribution in [0.5, 0.6) is 0 Å². The first kappa shape index (κ1) is 12.3. The number of benzene rings is 1. The Morgan fingerprint density at radius 2 is 2.17 bits per heavy atom. The van der Waals surface area contributed by atoms with Crippen molar-refractivity contribution in [3.63, 3.8) is 0 Å². The molecule has 2 aromatic rings. The lowest BCUT2D eigenvalue weighted by atomic mass is 10.1. The summed E-state index contributed by atoms with van der Waals surface area (Å²) in [5, 5.41) is 9.18. The predicted molar refractivity (Wildman–Crippen MR) is 71.3 cm³/mol. The Labute approximate surface area is 107 Å². The average Bonchev–Trinajstić information content (AvgIpc) is 2.88. The number of hydrogen-bond acceptors (Lipinski definition) is 3. The molecule has 0 aliphatic heterocycles. The van der Waals surface area contributed by atoms with E-state index in [0.29, 0.717) is 12.1 Å². The molecule has 3 heteroatoms. The molecule has 0 spiro atoms. The maximum atomic E-state index is 9.18. The van der Waals surface area contributed by atoms with Gasteiger partial charge in [-0.1, -0.05) is 6.07 Å². The van der Waals surface area contributed by atoms with E-state index in [9.17, 15) is 5.26 Å². The number of hydrogen-bond donors (Lipinski definition) is 0. The Morgan fingerprint density at radius 1 is 1.33 bits per heavy atom. The highest BCUT2D eigenvalue weighted by Crippen LogP contribution is 2.23. The second-order valence-electron chi connectivity index (χ2n) is 4.23. The Balaban J connectivity index is 2.32. The van der Waals surface area contributed by atoms with Gasteiger partial charge in [-0.3, -0.25) is 0 Å². The summed E-state index contributed by atoms with van der Waals surface area (Å²) in [4.78, 5) is 2.14. The predicted octanol–water partition coefficient (Wildman–Crippen LogP) is 3.49. The monoisotopic (exact) mass is 240 g/mol. The van der Waals surface area contributed by atoms with Crippen LogP contribution in [0.1, 0.15) is 23.8 Å². The number of nitriles is 1. The van der Waals surface area contributed by atoms with Crippen LogP contribution in [0.4, 0.5) is 5.69 Å². The second-order valence-corrected chi connectivity index (χ2v) is 4.23. The van der Waals surface area contributed by atoms with Crippen molar-refractivity contribution >= 4 is 5.69 Å². The number of rotatable bonds is 4. The van der Waals surface area contributed by atoms with E-state index in [1.807, 2.05) is 37.3 Å². The summed E-state index contributed by atoms with van der Waals surface area (Å²) in [7, 11) is 0. The normalized spacial score (nSPS) is 10.1. The molecule has 3 nitrogen and oxygen atoms in total. The number of anilines is 1. The zero-order valence-corrected chi connectivity index (χ0v) is 10.7. The molecule has 0 fully saturated rings. The maximum absolute atomic E-state index is 9.18. The summed E-state index contributed by atoms with van der Waals surface area (Å²) in [5.41, 5.74) is 2.83. The fraction of sp³-hybridized carbons (Fsp3) is 0.267. The third-order valence-corrected chi connectivity index (χ3v) is 2.92. The van der Waals surface area contributed by atoms with Gasteiger partial charge < -0.3 is 9.32 Å². The van der Waals surface area contributed by atoms with Crippen LogP contribution in [-0.4, -0.2) is 6.54 Å². The standard InChI is InChI=1S/C15H16N2O/c1-3-17(11-14-5-4-8-18-14)15-9-12(2)6-7-13(15)10-16/h4-9H,3,11H2,1-2H3. The molecule has 0 bridgehead atoms. The van der Waals surface area contributed by atoms with Gasteiger partial charge in [-0.25, -0.2) is 0 Å². The molecule has 0 aliphatic rings. The van der Waals surface area contributed by atoms with Crippen LogP contribution in [0.15, 0.2) is 41.0 Å². The van der Waals surface area contributed by atoms with Crippen molar-refractivity contribution < 1.29 is 4.42 Å². The van der Waals surface area contributed by atoms with E-state index in [-0.39, 0.29) is 0 Å². The molecule has 0 radical (unpaired) electrons. The Morgan fingerprint density at radius 3 is 2.78 bits per heavy atom. The molecule has 1 heterocycles. The molecule has 0 unspecified atom stereocenters. The SMILES string of the molecule is CCN(Cc1ccco1)c1cc(C)ccc1C#N. The number of nitrogens with zero attached hydrogens (tertiary/aromatic N) is 2. The molecule has 0 saturated carbocycles. The van der Waals surface area contributed by atoms with Crippen molar-refractivity contribution in [2.75, 3.05) is 11.4 Å². The van der Waals surface area contributed by atoms with Crippen molar-refractivity contribution in [1.82, 2.24) is 0 Å². The van der Waals surface area contributed by atoms with Gasteiger partial charge >= 0.3 is 0 Å². The topological polar surface area (TPSA) is 40.2 Å². The summed E-state index contributed by atoms with van der Waals surface area (Å²) in [5.74, 6) is 0.905. The molecule has 0 atom stereocenters. The highest BCUT2D eigenvalue weighted by atomic mass is 16.3. The smallest absolute Gasteiger partial charge is 0.123 e. The molecule has 0 saturated heterocycles. The van der Waals surface area contributed by atoms with Gasteiger partial charge in [0.2, 0.25) is 0 Å². The van der Waals surface area contributed by atoms with E-state index >= 15 is 0 Å². The van der Waals surface area contributed by atoms with Gasteiger partial charge in [0.15, 0.2) is 0 Å². The van der Waals surface area contributed by atoms with E-state index in [1.54, 1.807) is 6.26 Å². The average molecular weight is 240 g/mol. The van der Waals surface area contributed by atoms with Crippen LogP contribution in [0.2, 0.25) is 0 Å². The third kappa shape index (κ3) is 2.54. The minimum absolute atomic E-state index is 0.682. The maximum Gasteiger partial charge on any atom is 0.123 e. The highest BCUT2D eigenvalue weighted by molar-refractivity contribution is 5.60. The number of furan rings is 1. The van der Waals surface area contributed by atoms with Gasteiger partial charge in [0.25, 0.3) is 0 Å². The molecular formula is C15H16N2O. The van der Waals surface area contributed by atoms with E-state index in [4.69, 9.17) is 4.42 Å². The van der Waals surface area contributed by atoms with Gasteiger partial charge in [-0.2, -0.15) is 5.26 Å². The Hall–Kier alpha value is -2.21. The summed E-state index contributed by atoms with van der Waals surface area (Å²) in [6.07, 6.45) is 1.67. The van der Waals surface area contributed by atoms with Crippen LogP contribution < -0.4 is 4.90 Å². The summed E-state index contributed by atoms with van der Waals surface area (Å²) in [6, 6.07) is 12.0. The third-order valence-electron chi connectivity index (χ3n) is 2.92. The van der Waals surface area contributed by atoms with Crippen LogP contribution in [0, 0.1) is 18.3 Å². The van der Waals surface area contributed by atoms with E-state index in [0.717, 1.165) is 23.6 Å². The van der Waals surface area contributed by atoms with E-state index in [2.05, 4.69) is 17.9 Å². The summed E-state index contributed by atoms with van der Waals surface area (Å²) >= 11 is 0. The van der Waals surface area contributed by atoms with Gasteiger partial charge in [0.05, 0.1) is 24.1 Å². The van der Waals surface area contributed by atoms with Gasteiger partial charge in [0.1, 0.15) is 11.8 Å². The van der Waals surface area contributed by atoms with Crippen LogP contribution in [0.3, 0.4) is 0 Å². The molecule has 1 aromatic carbocycles. The van der Waals surface area contributed by atoms with Crippen molar-refractivity contribution in [1.29, 1.82) is 5.26 Å². The lowest BCUT2D eigenvalue weighted by molar-refractivity contribution is 0.503. The Bertz CT molecular complexity index is 552. The summed E-state index contributed by atoms with van der Waals surface area (Å²) < 4.78 is 5.37. The van der Waals surface area contributed by atoms with Crippen molar-refractivity contribution in [2.45, 2.75) is 20.4 Å². The molecule has 0 N–H and O–H groups in total. The molecule has 92 valence electrons. The van der Waals surface area contributed by atoms with Crippen molar-refractivity contribution in [2.24, 2.45) is 0 Å². The first-order valence-corrected chi connectivity index (χ1v) is 6.02. The minimum Gasteiger partial charge on any atom is -0.467 e. The minimum atomic E-state index is 0.682.